The molecule has 2 aliphatic rings. The van der Waals surface area contributed by atoms with Crippen molar-refractivity contribution in [3.8, 4) is 0 Å². The maximum atomic E-state index is 11.4. The molecule has 3 nitrogen and oxygen atoms in total. The Morgan fingerprint density at radius 1 is 1.21 bits per heavy atom. The zero-order chi connectivity index (χ0) is 13.3. The van der Waals surface area contributed by atoms with Crippen LogP contribution in [0.3, 0.4) is 0 Å². The van der Waals surface area contributed by atoms with Crippen molar-refractivity contribution in [2.75, 3.05) is 6.54 Å². The Morgan fingerprint density at radius 3 is 2.63 bits per heavy atom. The average Bonchev–Trinajstić information content (AvgIpc) is 3.19. The second kappa shape index (κ2) is 5.14. The van der Waals surface area contributed by atoms with E-state index in [1.54, 1.807) is 0 Å². The molecule has 0 bridgehead atoms. The third kappa shape index (κ3) is 2.93. The summed E-state index contributed by atoms with van der Waals surface area (Å²) in [6.07, 6.45) is 4.93. The third-order valence-electron chi connectivity index (χ3n) is 4.16. The molecule has 4 heteroatoms. The highest BCUT2D eigenvalue weighted by Gasteiger charge is 2.45. The summed E-state index contributed by atoms with van der Waals surface area (Å²) in [4.78, 5) is 11.4. The molecule has 1 amide bonds. The summed E-state index contributed by atoms with van der Waals surface area (Å²) in [6.45, 7) is 0.785. The summed E-state index contributed by atoms with van der Waals surface area (Å²) in [5, 5.41) is 7.48. The summed E-state index contributed by atoms with van der Waals surface area (Å²) >= 11 is 5.95. The summed E-state index contributed by atoms with van der Waals surface area (Å²) in [5.74, 6) is 0.181. The largest absolute Gasteiger partial charge is 0.356 e. The van der Waals surface area contributed by atoms with Gasteiger partial charge in [0.1, 0.15) is 0 Å². The molecule has 1 heterocycles. The average molecular weight is 279 g/mol. The first-order chi connectivity index (χ1) is 9.18. The highest BCUT2D eigenvalue weighted by Crippen LogP contribution is 2.46. The zero-order valence-corrected chi connectivity index (χ0v) is 11.7. The van der Waals surface area contributed by atoms with Gasteiger partial charge in [-0.05, 0) is 43.4 Å². The summed E-state index contributed by atoms with van der Waals surface area (Å²) < 4.78 is 0. The van der Waals surface area contributed by atoms with Crippen molar-refractivity contribution in [1.82, 2.24) is 10.6 Å². The molecule has 0 spiro atoms. The Kier molecular flexibility index (Phi) is 3.50. The van der Waals surface area contributed by atoms with Gasteiger partial charge in [-0.2, -0.15) is 0 Å². The molecule has 102 valence electrons. The Morgan fingerprint density at radius 2 is 1.95 bits per heavy atom. The molecule has 1 aliphatic carbocycles. The summed E-state index contributed by atoms with van der Waals surface area (Å²) in [6, 6.07) is 8.57. The molecule has 2 fully saturated rings. The van der Waals surface area contributed by atoms with Gasteiger partial charge in [0.25, 0.3) is 0 Å². The topological polar surface area (TPSA) is 41.1 Å². The predicted molar refractivity (Wildman–Crippen MR) is 76.1 cm³/mol. The minimum Gasteiger partial charge on any atom is -0.356 e. The molecule has 0 radical (unpaired) electrons. The standard InChI is InChI=1S/C15H19ClN2O/c16-12-3-1-11(2-4-12)15(8-9-15)18-13-5-6-14(19)17-10-7-13/h1-4,13,18H,5-10H2,(H,17,19)/t13-/m1/s1. The van der Waals surface area contributed by atoms with Crippen LogP contribution in [0.2, 0.25) is 5.02 Å². The first-order valence-electron chi connectivity index (χ1n) is 6.98. The van der Waals surface area contributed by atoms with Crippen LogP contribution in [-0.2, 0) is 10.3 Å². The van der Waals surface area contributed by atoms with Crippen molar-refractivity contribution in [3.05, 3.63) is 34.9 Å². The fourth-order valence-electron chi connectivity index (χ4n) is 2.87. The number of nitrogens with one attached hydrogen (secondary N) is 2. The number of halogens is 1. The summed E-state index contributed by atoms with van der Waals surface area (Å²) in [5.41, 5.74) is 1.45. The van der Waals surface area contributed by atoms with Gasteiger partial charge in [0.2, 0.25) is 5.91 Å². The van der Waals surface area contributed by atoms with E-state index in [-0.39, 0.29) is 11.4 Å². The Labute approximate surface area is 118 Å². The van der Waals surface area contributed by atoms with Crippen molar-refractivity contribution in [3.63, 3.8) is 0 Å². The van der Waals surface area contributed by atoms with E-state index in [9.17, 15) is 4.79 Å². The number of hydrogen-bond acceptors (Lipinski definition) is 2. The van der Waals surface area contributed by atoms with Gasteiger partial charge in [0, 0.05) is 29.6 Å². The van der Waals surface area contributed by atoms with E-state index in [0.717, 1.165) is 24.4 Å². The predicted octanol–water partition coefficient (Wildman–Crippen LogP) is 2.59. The van der Waals surface area contributed by atoms with Crippen molar-refractivity contribution in [2.24, 2.45) is 0 Å². The third-order valence-corrected chi connectivity index (χ3v) is 4.41. The number of hydrogen-bond donors (Lipinski definition) is 2. The van der Waals surface area contributed by atoms with Gasteiger partial charge < -0.3 is 10.6 Å². The van der Waals surface area contributed by atoms with Crippen LogP contribution < -0.4 is 10.6 Å². The number of carbonyl (C=O) groups is 1. The van der Waals surface area contributed by atoms with Crippen LogP contribution in [0.1, 0.15) is 37.7 Å². The van der Waals surface area contributed by atoms with Crippen LogP contribution in [0.25, 0.3) is 0 Å². The van der Waals surface area contributed by atoms with E-state index < -0.39 is 0 Å². The van der Waals surface area contributed by atoms with E-state index in [4.69, 9.17) is 11.6 Å². The van der Waals surface area contributed by atoms with Crippen molar-refractivity contribution >= 4 is 17.5 Å². The van der Waals surface area contributed by atoms with Crippen molar-refractivity contribution in [1.29, 1.82) is 0 Å². The Hall–Kier alpha value is -1.06. The number of benzene rings is 1. The molecular weight excluding hydrogens is 260 g/mol. The minimum atomic E-state index is 0.128. The number of rotatable bonds is 3. The molecule has 1 aromatic rings. The van der Waals surface area contributed by atoms with Crippen LogP contribution in [0.4, 0.5) is 0 Å². The molecule has 2 N–H and O–H groups in total. The number of carbonyl (C=O) groups excluding carboxylic acids is 1. The smallest absolute Gasteiger partial charge is 0.220 e. The quantitative estimate of drug-likeness (QED) is 0.892. The van der Waals surface area contributed by atoms with Crippen LogP contribution >= 0.6 is 11.6 Å². The lowest BCUT2D eigenvalue weighted by atomic mass is 10.0. The lowest BCUT2D eigenvalue weighted by Crippen LogP contribution is -2.38. The highest BCUT2D eigenvalue weighted by molar-refractivity contribution is 6.30. The normalized spacial score (nSPS) is 25.5. The fraction of sp³-hybridized carbons (Fsp3) is 0.533. The van der Waals surface area contributed by atoms with Gasteiger partial charge in [0.05, 0.1) is 0 Å². The van der Waals surface area contributed by atoms with Crippen molar-refractivity contribution in [2.45, 2.75) is 43.7 Å². The second-order valence-corrected chi connectivity index (χ2v) is 6.04. The van der Waals surface area contributed by atoms with Gasteiger partial charge in [-0.25, -0.2) is 0 Å². The monoisotopic (exact) mass is 278 g/mol. The molecule has 1 aromatic carbocycles. The number of amides is 1. The second-order valence-electron chi connectivity index (χ2n) is 5.61. The van der Waals surface area contributed by atoms with E-state index in [0.29, 0.717) is 12.5 Å². The van der Waals surface area contributed by atoms with E-state index in [1.165, 1.54) is 18.4 Å². The van der Waals surface area contributed by atoms with E-state index in [1.807, 2.05) is 12.1 Å². The Bertz CT molecular complexity index is 468. The maximum Gasteiger partial charge on any atom is 0.220 e. The summed E-state index contributed by atoms with van der Waals surface area (Å²) in [7, 11) is 0. The SMILES string of the molecule is O=C1CC[C@@H](NC2(c3ccc(Cl)cc3)CC2)CCN1. The Balaban J connectivity index is 1.68. The van der Waals surface area contributed by atoms with Gasteiger partial charge in [-0.15, -0.1) is 0 Å². The van der Waals surface area contributed by atoms with Gasteiger partial charge in [-0.1, -0.05) is 23.7 Å². The van der Waals surface area contributed by atoms with Crippen LogP contribution in [0.5, 0.6) is 0 Å². The molecule has 1 atom stereocenters. The molecular formula is C15H19ClN2O. The highest BCUT2D eigenvalue weighted by atomic mass is 35.5. The molecule has 3 rings (SSSR count). The maximum absolute atomic E-state index is 11.4. The van der Waals surface area contributed by atoms with Gasteiger partial charge >= 0.3 is 0 Å². The van der Waals surface area contributed by atoms with Crippen LogP contribution in [-0.4, -0.2) is 18.5 Å². The van der Waals surface area contributed by atoms with Crippen LogP contribution in [0.15, 0.2) is 24.3 Å². The lowest BCUT2D eigenvalue weighted by molar-refractivity contribution is -0.120. The first kappa shape index (κ1) is 12.9. The van der Waals surface area contributed by atoms with Crippen molar-refractivity contribution < 1.29 is 4.79 Å². The molecule has 19 heavy (non-hydrogen) atoms. The van der Waals surface area contributed by atoms with Gasteiger partial charge in [0.15, 0.2) is 0 Å². The minimum absolute atomic E-state index is 0.128. The van der Waals surface area contributed by atoms with E-state index >= 15 is 0 Å². The molecule has 1 saturated carbocycles. The molecule has 1 aliphatic heterocycles. The zero-order valence-electron chi connectivity index (χ0n) is 10.9. The lowest BCUT2D eigenvalue weighted by Gasteiger charge is -2.25. The molecule has 0 unspecified atom stereocenters. The molecule has 0 aromatic heterocycles. The van der Waals surface area contributed by atoms with Crippen LogP contribution in [0, 0.1) is 0 Å². The first-order valence-corrected chi connectivity index (χ1v) is 7.36. The van der Waals surface area contributed by atoms with Gasteiger partial charge in [-0.3, -0.25) is 4.79 Å². The molecule has 1 saturated heterocycles. The fourth-order valence-corrected chi connectivity index (χ4v) is 3.00. The van der Waals surface area contributed by atoms with E-state index in [2.05, 4.69) is 22.8 Å².